The number of ether oxygens (including phenoxy) is 1. The lowest BCUT2D eigenvalue weighted by molar-refractivity contribution is 0.0383. The molecule has 5 nitrogen and oxygen atoms in total. The first-order valence-electron chi connectivity index (χ1n) is 9.20. The summed E-state index contributed by atoms with van der Waals surface area (Å²) in [4.78, 5) is 16.8. The fourth-order valence-electron chi connectivity index (χ4n) is 4.95. The quantitative estimate of drug-likeness (QED) is 0.919. The lowest BCUT2D eigenvalue weighted by atomic mass is 9.87. The van der Waals surface area contributed by atoms with Gasteiger partial charge in [0.05, 0.1) is 0 Å². The zero-order valence-corrected chi connectivity index (χ0v) is 14.7. The van der Waals surface area contributed by atoms with E-state index in [0.717, 1.165) is 39.3 Å². The van der Waals surface area contributed by atoms with Gasteiger partial charge in [-0.15, -0.1) is 0 Å². The summed E-state index contributed by atoms with van der Waals surface area (Å²) in [5.41, 5.74) is 1.86. The molecule has 0 radical (unpaired) electrons. The van der Waals surface area contributed by atoms with Gasteiger partial charge in [-0.25, -0.2) is 4.79 Å². The van der Waals surface area contributed by atoms with Crippen LogP contribution < -0.4 is 5.32 Å². The molecule has 2 aromatic carbocycles. The highest BCUT2D eigenvalue weighted by Gasteiger charge is 2.70. The van der Waals surface area contributed by atoms with Crippen molar-refractivity contribution in [3.05, 3.63) is 71.8 Å². The van der Waals surface area contributed by atoms with Gasteiger partial charge in [0.1, 0.15) is 5.54 Å². The smallest absolute Gasteiger partial charge is 0.408 e. The number of alkyl carbamates (subject to hydrolysis) is 1. The van der Waals surface area contributed by atoms with E-state index in [4.69, 9.17) is 4.74 Å². The SMILES string of the molecule is O=C1NC23CN(Cc4ccccc4)CC2(CN(Cc2ccccc2)C3)O1. The van der Waals surface area contributed by atoms with Crippen LogP contribution in [-0.2, 0) is 17.8 Å². The molecular weight excluding hydrogens is 326 g/mol. The Morgan fingerprint density at radius 1 is 0.808 bits per heavy atom. The van der Waals surface area contributed by atoms with Crippen molar-refractivity contribution in [3.63, 3.8) is 0 Å². The van der Waals surface area contributed by atoms with Gasteiger partial charge in [0.15, 0.2) is 5.60 Å². The van der Waals surface area contributed by atoms with E-state index in [1.54, 1.807) is 0 Å². The molecule has 5 rings (SSSR count). The van der Waals surface area contributed by atoms with Crippen LogP contribution in [0.4, 0.5) is 4.79 Å². The lowest BCUT2D eigenvalue weighted by Crippen LogP contribution is -2.55. The van der Waals surface area contributed by atoms with Crippen molar-refractivity contribution in [2.45, 2.75) is 24.2 Å². The number of amides is 1. The van der Waals surface area contributed by atoms with Crippen molar-refractivity contribution in [3.8, 4) is 0 Å². The molecule has 0 bridgehead atoms. The molecule has 1 N–H and O–H groups in total. The molecule has 3 heterocycles. The van der Waals surface area contributed by atoms with Crippen LogP contribution in [0.5, 0.6) is 0 Å². The Kier molecular flexibility index (Phi) is 3.55. The highest BCUT2D eigenvalue weighted by atomic mass is 16.6. The Labute approximate surface area is 153 Å². The second-order valence-electron chi connectivity index (χ2n) is 7.85. The molecule has 0 unspecified atom stereocenters. The number of hydrogen-bond donors (Lipinski definition) is 1. The lowest BCUT2D eigenvalue weighted by Gasteiger charge is -2.26. The number of nitrogens with one attached hydrogen (secondary N) is 1. The maximum absolute atomic E-state index is 12.0. The molecule has 0 aromatic heterocycles. The second kappa shape index (κ2) is 5.83. The number of rotatable bonds is 4. The van der Waals surface area contributed by atoms with Gasteiger partial charge in [0.2, 0.25) is 0 Å². The predicted molar refractivity (Wildman–Crippen MR) is 98.5 cm³/mol. The topological polar surface area (TPSA) is 44.8 Å². The van der Waals surface area contributed by atoms with E-state index in [0.29, 0.717) is 0 Å². The Balaban J connectivity index is 1.34. The summed E-state index contributed by atoms with van der Waals surface area (Å²) >= 11 is 0. The van der Waals surface area contributed by atoms with Gasteiger partial charge < -0.3 is 10.1 Å². The van der Waals surface area contributed by atoms with Crippen LogP contribution in [0.2, 0.25) is 0 Å². The van der Waals surface area contributed by atoms with Crippen molar-refractivity contribution in [2.75, 3.05) is 26.2 Å². The summed E-state index contributed by atoms with van der Waals surface area (Å²) in [7, 11) is 0. The largest absolute Gasteiger partial charge is 0.438 e. The van der Waals surface area contributed by atoms with E-state index in [9.17, 15) is 4.79 Å². The molecule has 134 valence electrons. The Bertz CT molecular complexity index is 729. The third-order valence-electron chi connectivity index (χ3n) is 5.94. The summed E-state index contributed by atoms with van der Waals surface area (Å²) in [6.45, 7) is 5.01. The highest BCUT2D eigenvalue weighted by molar-refractivity contribution is 5.74. The standard InChI is InChI=1S/C21H23N3O2/c25-19-22-20-13-23(11-17-7-3-1-4-8-17)15-21(20,26-19)16-24(14-20)12-18-9-5-2-6-10-18/h1-10H,11-16H2,(H,22,25). The van der Waals surface area contributed by atoms with Crippen LogP contribution >= 0.6 is 0 Å². The van der Waals surface area contributed by atoms with Crippen molar-refractivity contribution in [2.24, 2.45) is 0 Å². The van der Waals surface area contributed by atoms with Gasteiger partial charge in [0, 0.05) is 39.3 Å². The van der Waals surface area contributed by atoms with Gasteiger partial charge >= 0.3 is 6.09 Å². The van der Waals surface area contributed by atoms with Crippen LogP contribution in [0.15, 0.2) is 60.7 Å². The molecule has 0 saturated carbocycles. The minimum atomic E-state index is -0.437. The zero-order valence-electron chi connectivity index (χ0n) is 14.7. The Morgan fingerprint density at radius 2 is 1.31 bits per heavy atom. The zero-order chi connectivity index (χ0) is 17.6. The normalized spacial score (nSPS) is 30.7. The van der Waals surface area contributed by atoms with Gasteiger partial charge in [-0.3, -0.25) is 9.80 Å². The Morgan fingerprint density at radius 3 is 1.77 bits per heavy atom. The number of hydrogen-bond acceptors (Lipinski definition) is 4. The van der Waals surface area contributed by atoms with Crippen molar-refractivity contribution >= 4 is 6.09 Å². The second-order valence-corrected chi connectivity index (χ2v) is 7.85. The first-order valence-corrected chi connectivity index (χ1v) is 9.20. The summed E-state index contributed by atoms with van der Waals surface area (Å²) in [6, 6.07) is 21.0. The average Bonchev–Trinajstić information content (AvgIpc) is 3.12. The van der Waals surface area contributed by atoms with E-state index in [1.807, 2.05) is 12.1 Å². The van der Waals surface area contributed by atoms with E-state index < -0.39 is 5.60 Å². The fourth-order valence-corrected chi connectivity index (χ4v) is 4.95. The van der Waals surface area contributed by atoms with Crippen molar-refractivity contribution in [1.82, 2.24) is 15.1 Å². The van der Waals surface area contributed by atoms with Gasteiger partial charge in [-0.05, 0) is 11.1 Å². The number of carbonyl (C=O) groups excluding carboxylic acids is 1. The van der Waals surface area contributed by atoms with Crippen LogP contribution in [0.3, 0.4) is 0 Å². The molecule has 3 fully saturated rings. The molecule has 0 spiro atoms. The molecule has 2 aromatic rings. The van der Waals surface area contributed by atoms with E-state index in [-0.39, 0.29) is 11.6 Å². The number of carbonyl (C=O) groups is 1. The molecule has 1 amide bonds. The summed E-state index contributed by atoms with van der Waals surface area (Å²) in [5, 5.41) is 3.17. The van der Waals surface area contributed by atoms with Crippen LogP contribution in [-0.4, -0.2) is 53.2 Å². The molecule has 3 aliphatic rings. The first-order chi connectivity index (χ1) is 12.7. The summed E-state index contributed by atoms with van der Waals surface area (Å²) in [5.74, 6) is 0. The number of benzene rings is 2. The summed E-state index contributed by atoms with van der Waals surface area (Å²) in [6.07, 6.45) is -0.260. The Hall–Kier alpha value is -2.37. The predicted octanol–water partition coefficient (Wildman–Crippen LogP) is 2.24. The average molecular weight is 349 g/mol. The molecule has 3 saturated heterocycles. The minimum absolute atomic E-state index is 0.260. The number of likely N-dealkylation sites (tertiary alicyclic amines) is 2. The van der Waals surface area contributed by atoms with Gasteiger partial charge in [0.25, 0.3) is 0 Å². The van der Waals surface area contributed by atoms with E-state index in [2.05, 4.69) is 63.6 Å². The van der Waals surface area contributed by atoms with Crippen molar-refractivity contribution in [1.29, 1.82) is 0 Å². The van der Waals surface area contributed by atoms with Crippen LogP contribution in [0, 0.1) is 0 Å². The van der Waals surface area contributed by atoms with Gasteiger partial charge in [-0.2, -0.15) is 0 Å². The number of nitrogens with zero attached hydrogens (tertiary/aromatic N) is 2. The molecule has 5 heteroatoms. The summed E-state index contributed by atoms with van der Waals surface area (Å²) < 4.78 is 5.89. The molecule has 0 atom stereocenters. The molecule has 0 aliphatic carbocycles. The highest BCUT2D eigenvalue weighted by Crippen LogP contribution is 2.45. The van der Waals surface area contributed by atoms with Crippen LogP contribution in [0.1, 0.15) is 11.1 Å². The van der Waals surface area contributed by atoms with E-state index in [1.165, 1.54) is 11.1 Å². The fraction of sp³-hybridized carbons (Fsp3) is 0.381. The third-order valence-corrected chi connectivity index (χ3v) is 5.94. The monoisotopic (exact) mass is 349 g/mol. The van der Waals surface area contributed by atoms with E-state index >= 15 is 0 Å². The third kappa shape index (κ3) is 2.50. The minimum Gasteiger partial charge on any atom is -0.438 e. The van der Waals surface area contributed by atoms with Crippen LogP contribution in [0.25, 0.3) is 0 Å². The maximum atomic E-state index is 12.0. The molecule has 3 aliphatic heterocycles. The maximum Gasteiger partial charge on any atom is 0.408 e. The molecular formula is C21H23N3O2. The van der Waals surface area contributed by atoms with Gasteiger partial charge in [-0.1, -0.05) is 60.7 Å². The first kappa shape index (κ1) is 15.9. The molecule has 26 heavy (non-hydrogen) atoms. The van der Waals surface area contributed by atoms with Crippen molar-refractivity contribution < 1.29 is 9.53 Å².